The van der Waals surface area contributed by atoms with Crippen molar-refractivity contribution >= 4 is 35.8 Å². The second-order valence-corrected chi connectivity index (χ2v) is 4.26. The van der Waals surface area contributed by atoms with Crippen LogP contribution in [0.3, 0.4) is 0 Å². The number of carbonyl (C=O) groups is 1. The summed E-state index contributed by atoms with van der Waals surface area (Å²) in [6.07, 6.45) is 8.72. The van der Waals surface area contributed by atoms with Gasteiger partial charge in [-0.25, -0.2) is 0 Å². The van der Waals surface area contributed by atoms with Gasteiger partial charge in [0.1, 0.15) is 0 Å². The highest BCUT2D eigenvalue weighted by Gasteiger charge is 2.22. The summed E-state index contributed by atoms with van der Waals surface area (Å²) in [7, 11) is 0. The molecule has 1 fully saturated rings. The zero-order valence-electron chi connectivity index (χ0n) is 11.4. The van der Waals surface area contributed by atoms with E-state index in [4.69, 9.17) is 6.42 Å². The van der Waals surface area contributed by atoms with Gasteiger partial charge in [-0.15, -0.1) is 30.4 Å². The normalized spacial score (nSPS) is 14.0. The Labute approximate surface area is 132 Å². The predicted octanol–water partition coefficient (Wildman–Crippen LogP) is 0.851. The summed E-state index contributed by atoms with van der Waals surface area (Å²) < 4.78 is 0. The molecular weight excluding hydrogens is 355 g/mol. The zero-order chi connectivity index (χ0) is 13.2. The van der Waals surface area contributed by atoms with Crippen molar-refractivity contribution in [2.75, 3.05) is 19.6 Å². The van der Waals surface area contributed by atoms with Crippen molar-refractivity contribution in [2.24, 2.45) is 4.99 Å². The lowest BCUT2D eigenvalue weighted by Crippen LogP contribution is -2.37. The quantitative estimate of drug-likeness (QED) is 0.202. The Balaban J connectivity index is 0.00000324. The maximum atomic E-state index is 11.4. The maximum Gasteiger partial charge on any atom is 0.220 e. The lowest BCUT2D eigenvalue weighted by Gasteiger charge is -2.08. The second-order valence-electron chi connectivity index (χ2n) is 4.26. The van der Waals surface area contributed by atoms with Crippen molar-refractivity contribution in [3.63, 3.8) is 0 Å². The molecule has 0 heterocycles. The molecule has 1 aliphatic carbocycles. The molecular formula is C13H23IN4O. The molecule has 0 aromatic heterocycles. The molecule has 0 aliphatic heterocycles. The fourth-order valence-electron chi connectivity index (χ4n) is 1.43. The second kappa shape index (κ2) is 10.9. The first-order valence-corrected chi connectivity index (χ1v) is 6.51. The molecule has 19 heavy (non-hydrogen) atoms. The van der Waals surface area contributed by atoms with Crippen molar-refractivity contribution in [2.45, 2.75) is 38.6 Å². The number of carbonyl (C=O) groups excluding carboxylic acids is 1. The molecule has 0 aromatic carbocycles. The highest BCUT2D eigenvalue weighted by atomic mass is 127. The summed E-state index contributed by atoms with van der Waals surface area (Å²) in [5.41, 5.74) is 0. The first-order valence-electron chi connectivity index (χ1n) is 6.51. The van der Waals surface area contributed by atoms with E-state index in [1.54, 1.807) is 0 Å². The van der Waals surface area contributed by atoms with Crippen LogP contribution in [0.4, 0.5) is 0 Å². The number of terminal acetylenes is 1. The first kappa shape index (κ1) is 18.0. The van der Waals surface area contributed by atoms with Crippen LogP contribution >= 0.6 is 24.0 Å². The van der Waals surface area contributed by atoms with Crippen molar-refractivity contribution in [3.8, 4) is 12.3 Å². The van der Waals surface area contributed by atoms with Crippen molar-refractivity contribution < 1.29 is 4.79 Å². The molecule has 0 atom stereocenters. The van der Waals surface area contributed by atoms with E-state index in [1.807, 2.05) is 6.92 Å². The lowest BCUT2D eigenvalue weighted by molar-refractivity contribution is -0.121. The van der Waals surface area contributed by atoms with E-state index in [0.717, 1.165) is 25.8 Å². The Morgan fingerprint density at radius 2 is 2.16 bits per heavy atom. The smallest absolute Gasteiger partial charge is 0.220 e. The SMILES string of the molecule is C#CCNC(=NCCCC(=O)NC1CC1)NCC.I. The van der Waals surface area contributed by atoms with Crippen LogP contribution in [-0.2, 0) is 4.79 Å². The third kappa shape index (κ3) is 9.59. The van der Waals surface area contributed by atoms with Gasteiger partial charge < -0.3 is 16.0 Å². The molecule has 0 unspecified atom stereocenters. The van der Waals surface area contributed by atoms with E-state index >= 15 is 0 Å². The van der Waals surface area contributed by atoms with Crippen molar-refractivity contribution in [3.05, 3.63) is 0 Å². The standard InChI is InChI=1S/C13H22N4O.HI/c1-3-9-15-13(14-4-2)16-10-5-6-12(18)17-11-7-8-11;/h1,11H,4-10H2,2H3,(H,17,18)(H2,14,15,16);1H. The van der Waals surface area contributed by atoms with Crippen molar-refractivity contribution in [1.29, 1.82) is 0 Å². The van der Waals surface area contributed by atoms with Gasteiger partial charge in [0, 0.05) is 25.6 Å². The Morgan fingerprint density at radius 1 is 1.42 bits per heavy atom. The molecule has 5 nitrogen and oxygen atoms in total. The molecule has 108 valence electrons. The molecule has 0 aromatic rings. The Kier molecular flexibility index (Phi) is 10.4. The molecule has 1 saturated carbocycles. The van der Waals surface area contributed by atoms with Crippen LogP contribution in [0.15, 0.2) is 4.99 Å². The van der Waals surface area contributed by atoms with Gasteiger partial charge in [0.15, 0.2) is 5.96 Å². The third-order valence-corrected chi connectivity index (χ3v) is 2.48. The average Bonchev–Trinajstić information content (AvgIpc) is 3.15. The van der Waals surface area contributed by atoms with E-state index in [1.165, 1.54) is 0 Å². The van der Waals surface area contributed by atoms with Crippen LogP contribution in [-0.4, -0.2) is 37.5 Å². The fourth-order valence-corrected chi connectivity index (χ4v) is 1.43. The monoisotopic (exact) mass is 378 g/mol. The van der Waals surface area contributed by atoms with Crippen LogP contribution in [0.1, 0.15) is 32.6 Å². The summed E-state index contributed by atoms with van der Waals surface area (Å²) in [5.74, 6) is 3.34. The highest BCUT2D eigenvalue weighted by Crippen LogP contribution is 2.18. The van der Waals surface area contributed by atoms with Crippen LogP contribution in [0.5, 0.6) is 0 Å². The Hall–Kier alpha value is -0.970. The first-order chi connectivity index (χ1) is 8.76. The van der Waals surface area contributed by atoms with Crippen molar-refractivity contribution in [1.82, 2.24) is 16.0 Å². The summed E-state index contributed by atoms with van der Waals surface area (Å²) in [6.45, 7) is 3.86. The largest absolute Gasteiger partial charge is 0.357 e. The number of guanidine groups is 1. The molecule has 1 rings (SSSR count). The number of hydrogen-bond donors (Lipinski definition) is 3. The predicted molar refractivity (Wildman–Crippen MR) is 88.6 cm³/mol. The molecule has 6 heteroatoms. The summed E-state index contributed by atoms with van der Waals surface area (Å²) in [6, 6.07) is 0.440. The Morgan fingerprint density at radius 3 is 2.74 bits per heavy atom. The molecule has 1 aliphatic rings. The maximum absolute atomic E-state index is 11.4. The van der Waals surface area contributed by atoms with Gasteiger partial charge in [0.2, 0.25) is 5.91 Å². The minimum Gasteiger partial charge on any atom is -0.357 e. The van der Waals surface area contributed by atoms with Gasteiger partial charge in [-0.2, -0.15) is 0 Å². The van der Waals surface area contributed by atoms with Gasteiger partial charge in [-0.3, -0.25) is 9.79 Å². The molecule has 0 radical (unpaired) electrons. The summed E-state index contributed by atoms with van der Waals surface area (Å²) in [5, 5.41) is 9.05. The average molecular weight is 378 g/mol. The molecule has 3 N–H and O–H groups in total. The number of rotatable bonds is 7. The summed E-state index contributed by atoms with van der Waals surface area (Å²) in [4.78, 5) is 15.8. The number of aliphatic imine (C=N–C) groups is 1. The van der Waals surface area contributed by atoms with E-state index in [-0.39, 0.29) is 29.9 Å². The number of hydrogen-bond acceptors (Lipinski definition) is 2. The van der Waals surface area contributed by atoms with Gasteiger partial charge >= 0.3 is 0 Å². The van der Waals surface area contributed by atoms with Gasteiger partial charge in [0.05, 0.1) is 6.54 Å². The summed E-state index contributed by atoms with van der Waals surface area (Å²) >= 11 is 0. The third-order valence-electron chi connectivity index (χ3n) is 2.48. The molecule has 1 amide bonds. The highest BCUT2D eigenvalue weighted by molar-refractivity contribution is 14.0. The molecule has 0 spiro atoms. The van der Waals surface area contributed by atoms with Gasteiger partial charge in [0.25, 0.3) is 0 Å². The van der Waals surface area contributed by atoms with Gasteiger partial charge in [-0.1, -0.05) is 5.92 Å². The van der Waals surface area contributed by atoms with E-state index in [9.17, 15) is 4.79 Å². The topological polar surface area (TPSA) is 65.5 Å². The van der Waals surface area contributed by atoms with E-state index in [0.29, 0.717) is 31.5 Å². The number of amides is 1. The van der Waals surface area contributed by atoms with E-state index < -0.39 is 0 Å². The molecule has 0 saturated heterocycles. The minimum absolute atomic E-state index is 0. The van der Waals surface area contributed by atoms with Gasteiger partial charge in [-0.05, 0) is 26.2 Å². The zero-order valence-corrected chi connectivity index (χ0v) is 13.7. The van der Waals surface area contributed by atoms with Crippen LogP contribution in [0.2, 0.25) is 0 Å². The fraction of sp³-hybridized carbons (Fsp3) is 0.692. The van der Waals surface area contributed by atoms with Crippen LogP contribution in [0.25, 0.3) is 0 Å². The van der Waals surface area contributed by atoms with Crippen LogP contribution < -0.4 is 16.0 Å². The number of nitrogens with one attached hydrogen (secondary N) is 3. The Bertz CT molecular complexity index is 334. The number of halogens is 1. The lowest BCUT2D eigenvalue weighted by atomic mass is 10.3. The van der Waals surface area contributed by atoms with Crippen LogP contribution in [0, 0.1) is 12.3 Å². The number of nitrogens with zero attached hydrogens (tertiary/aromatic N) is 1. The minimum atomic E-state index is 0. The van der Waals surface area contributed by atoms with E-state index in [2.05, 4.69) is 26.9 Å². The molecule has 0 bridgehead atoms.